The molecule has 3 aromatic carbocycles. The average Bonchev–Trinajstić information content (AvgIpc) is 2.88. The second-order valence-electron chi connectivity index (χ2n) is 8.98. The van der Waals surface area contributed by atoms with Crippen LogP contribution in [-0.2, 0) is 10.0 Å². The number of likely N-dealkylation sites (tertiary alicyclic amines) is 1. The molecule has 1 heterocycles. The number of nitrogens with zero attached hydrogens (tertiary/aromatic N) is 2. The first-order valence-corrected chi connectivity index (χ1v) is 13.4. The Morgan fingerprint density at radius 1 is 0.971 bits per heavy atom. The van der Waals surface area contributed by atoms with Crippen molar-refractivity contribution in [1.29, 1.82) is 0 Å². The molecule has 0 saturated carbocycles. The molecule has 0 amide bonds. The third-order valence-electron chi connectivity index (χ3n) is 6.74. The third-order valence-corrected chi connectivity index (χ3v) is 8.54. The fourth-order valence-electron chi connectivity index (χ4n) is 4.59. The van der Waals surface area contributed by atoms with Crippen LogP contribution in [0.4, 0.5) is 5.69 Å². The van der Waals surface area contributed by atoms with E-state index in [9.17, 15) is 8.42 Å². The lowest BCUT2D eigenvalue weighted by Gasteiger charge is -2.35. The first kappa shape index (κ1) is 24.3. The van der Waals surface area contributed by atoms with Gasteiger partial charge in [-0.1, -0.05) is 55.0 Å². The molecule has 0 aliphatic carbocycles. The first-order chi connectivity index (χ1) is 16.4. The van der Waals surface area contributed by atoms with Gasteiger partial charge in [0.15, 0.2) is 0 Å². The monoisotopic (exact) mass is 478 g/mol. The topological polar surface area (TPSA) is 49.9 Å². The smallest absolute Gasteiger partial charge is 0.264 e. The van der Waals surface area contributed by atoms with E-state index in [-0.39, 0.29) is 0 Å². The van der Waals surface area contributed by atoms with Crippen LogP contribution < -0.4 is 9.04 Å². The summed E-state index contributed by atoms with van der Waals surface area (Å²) in [5, 5.41) is 0. The molecule has 1 fully saturated rings. The minimum Gasteiger partial charge on any atom is -0.497 e. The van der Waals surface area contributed by atoms with Crippen molar-refractivity contribution in [3.05, 3.63) is 78.4 Å². The molecule has 0 spiro atoms. The summed E-state index contributed by atoms with van der Waals surface area (Å²) in [7, 11) is -2.12. The molecule has 1 aliphatic heterocycles. The number of sulfonamides is 1. The second kappa shape index (κ2) is 10.6. The average molecular weight is 479 g/mol. The van der Waals surface area contributed by atoms with Gasteiger partial charge in [0.2, 0.25) is 0 Å². The van der Waals surface area contributed by atoms with Gasteiger partial charge in [-0.15, -0.1) is 0 Å². The zero-order chi connectivity index (χ0) is 24.1. The van der Waals surface area contributed by atoms with Crippen LogP contribution in [0.15, 0.2) is 77.7 Å². The fourth-order valence-corrected chi connectivity index (χ4v) is 6.17. The van der Waals surface area contributed by atoms with E-state index >= 15 is 0 Å². The quantitative estimate of drug-likeness (QED) is 0.423. The molecule has 4 rings (SSSR count). The van der Waals surface area contributed by atoms with Crippen LogP contribution in [0, 0.1) is 12.8 Å². The van der Waals surface area contributed by atoms with Gasteiger partial charge in [0, 0.05) is 12.1 Å². The molecule has 1 aliphatic rings. The van der Waals surface area contributed by atoms with E-state index in [1.165, 1.54) is 0 Å². The number of benzene rings is 3. The lowest BCUT2D eigenvalue weighted by molar-refractivity contribution is 0.196. The van der Waals surface area contributed by atoms with Gasteiger partial charge in [-0.2, -0.15) is 0 Å². The van der Waals surface area contributed by atoms with E-state index in [2.05, 4.69) is 24.0 Å². The summed E-state index contributed by atoms with van der Waals surface area (Å²) in [6.45, 7) is 7.74. The summed E-state index contributed by atoms with van der Waals surface area (Å²) in [5.41, 5.74) is 3.66. The maximum Gasteiger partial charge on any atom is 0.264 e. The molecule has 1 saturated heterocycles. The Morgan fingerprint density at radius 3 is 2.26 bits per heavy atom. The highest BCUT2D eigenvalue weighted by molar-refractivity contribution is 7.92. The Hall–Kier alpha value is -2.83. The molecule has 34 heavy (non-hydrogen) atoms. The van der Waals surface area contributed by atoms with E-state index < -0.39 is 10.0 Å². The predicted octanol–water partition coefficient (Wildman–Crippen LogP) is 5.60. The van der Waals surface area contributed by atoms with Crippen molar-refractivity contribution < 1.29 is 13.2 Å². The predicted molar refractivity (Wildman–Crippen MR) is 139 cm³/mol. The molecule has 180 valence electrons. The first-order valence-electron chi connectivity index (χ1n) is 12.0. The Kier molecular flexibility index (Phi) is 7.59. The minimum absolute atomic E-state index is 0.300. The number of hydrogen-bond donors (Lipinski definition) is 0. The minimum atomic E-state index is -3.75. The van der Waals surface area contributed by atoms with Gasteiger partial charge in [0.1, 0.15) is 5.75 Å². The summed E-state index contributed by atoms with van der Waals surface area (Å²) >= 11 is 0. The number of hydrogen-bond acceptors (Lipinski definition) is 4. The summed E-state index contributed by atoms with van der Waals surface area (Å²) in [5.74, 6) is 1.00. The number of rotatable bonds is 8. The van der Waals surface area contributed by atoms with Crippen LogP contribution in [0.2, 0.25) is 0 Å². The van der Waals surface area contributed by atoms with Crippen LogP contribution in [0.5, 0.6) is 5.75 Å². The molecule has 0 aromatic heterocycles. The van der Waals surface area contributed by atoms with Crippen LogP contribution in [0.25, 0.3) is 11.1 Å². The number of anilines is 1. The lowest BCUT2D eigenvalue weighted by Crippen LogP contribution is -2.41. The maximum atomic E-state index is 14.0. The Balaban J connectivity index is 1.81. The Bertz CT molecular complexity index is 1190. The van der Waals surface area contributed by atoms with Crippen molar-refractivity contribution in [2.45, 2.75) is 31.6 Å². The molecule has 5 nitrogen and oxygen atoms in total. The van der Waals surface area contributed by atoms with Crippen molar-refractivity contribution in [2.75, 3.05) is 37.6 Å². The highest BCUT2D eigenvalue weighted by Crippen LogP contribution is 2.38. The highest BCUT2D eigenvalue weighted by atomic mass is 32.2. The molecule has 0 unspecified atom stereocenters. The number of ether oxygens (including phenoxy) is 1. The SMILES string of the molecule is CCN1CCC(CN(c2ccc(OC)cc2-c2ccc(C)cc2)S(=O)(=O)c2ccccc2)CC1. The Labute approximate surface area is 204 Å². The van der Waals surface area contributed by atoms with Gasteiger partial charge in [-0.25, -0.2) is 8.42 Å². The van der Waals surface area contributed by atoms with Crippen molar-refractivity contribution in [2.24, 2.45) is 5.92 Å². The van der Waals surface area contributed by atoms with E-state index in [1.807, 2.05) is 43.3 Å². The number of aryl methyl sites for hydroxylation is 1. The van der Waals surface area contributed by atoms with Crippen molar-refractivity contribution in [3.63, 3.8) is 0 Å². The van der Waals surface area contributed by atoms with Crippen LogP contribution >= 0.6 is 0 Å². The van der Waals surface area contributed by atoms with Crippen molar-refractivity contribution in [3.8, 4) is 16.9 Å². The molecule has 3 aromatic rings. The summed E-state index contributed by atoms with van der Waals surface area (Å²) in [6, 6.07) is 22.6. The van der Waals surface area contributed by atoms with Crippen LogP contribution in [-0.4, -0.2) is 46.6 Å². The van der Waals surface area contributed by atoms with Gasteiger partial charge in [-0.3, -0.25) is 4.31 Å². The summed E-state index contributed by atoms with van der Waals surface area (Å²) in [4.78, 5) is 2.74. The van der Waals surface area contributed by atoms with Crippen LogP contribution in [0.1, 0.15) is 25.3 Å². The molecular formula is C28H34N2O3S. The van der Waals surface area contributed by atoms with Gasteiger partial charge in [0.05, 0.1) is 17.7 Å². The van der Waals surface area contributed by atoms with Crippen molar-refractivity contribution in [1.82, 2.24) is 4.90 Å². The largest absolute Gasteiger partial charge is 0.497 e. The van der Waals surface area contributed by atoms with Gasteiger partial charge < -0.3 is 9.64 Å². The zero-order valence-corrected chi connectivity index (χ0v) is 21.1. The second-order valence-corrected chi connectivity index (χ2v) is 10.8. The van der Waals surface area contributed by atoms with Crippen LogP contribution in [0.3, 0.4) is 0 Å². The fraction of sp³-hybridized carbons (Fsp3) is 0.357. The molecule has 6 heteroatoms. The third kappa shape index (κ3) is 5.29. The standard InChI is InChI=1S/C28H34N2O3S/c1-4-29-18-16-23(17-19-29)21-30(34(31,32)26-8-6-5-7-9-26)28-15-14-25(33-3)20-27(28)24-12-10-22(2)11-13-24/h5-15,20,23H,4,16-19,21H2,1-3H3. The lowest BCUT2D eigenvalue weighted by atomic mass is 9.96. The molecule has 0 atom stereocenters. The highest BCUT2D eigenvalue weighted by Gasteiger charge is 2.31. The molecule has 0 N–H and O–H groups in total. The number of piperidine rings is 1. The van der Waals surface area contributed by atoms with Gasteiger partial charge >= 0.3 is 0 Å². The Morgan fingerprint density at radius 2 is 1.65 bits per heavy atom. The zero-order valence-electron chi connectivity index (χ0n) is 20.3. The maximum absolute atomic E-state index is 14.0. The van der Waals surface area contributed by atoms with Gasteiger partial charge in [0.25, 0.3) is 10.0 Å². The van der Waals surface area contributed by atoms with E-state index in [4.69, 9.17) is 4.74 Å². The molecule has 0 bridgehead atoms. The normalized spacial score (nSPS) is 15.3. The number of methoxy groups -OCH3 is 1. The van der Waals surface area contributed by atoms with E-state index in [1.54, 1.807) is 35.7 Å². The van der Waals surface area contributed by atoms with Crippen molar-refractivity contribution >= 4 is 15.7 Å². The van der Waals surface area contributed by atoms with E-state index in [0.29, 0.717) is 28.8 Å². The van der Waals surface area contributed by atoms with E-state index in [0.717, 1.165) is 49.2 Å². The van der Waals surface area contributed by atoms with Gasteiger partial charge in [-0.05, 0) is 81.2 Å². The molecular weight excluding hydrogens is 444 g/mol. The summed E-state index contributed by atoms with van der Waals surface area (Å²) in [6.07, 6.45) is 1.98. The molecule has 0 radical (unpaired) electrons. The summed E-state index contributed by atoms with van der Waals surface area (Å²) < 4.78 is 35.1.